The maximum atomic E-state index is 13.7. The Bertz CT molecular complexity index is 641. The van der Waals surface area contributed by atoms with E-state index in [1.54, 1.807) is 29.6 Å². The number of hydrogen-bond acceptors (Lipinski definition) is 4. The summed E-state index contributed by atoms with van der Waals surface area (Å²) in [6.07, 6.45) is 1.14. The van der Waals surface area contributed by atoms with Gasteiger partial charge in [0.2, 0.25) is 10.0 Å². The molecule has 0 spiro atoms. The van der Waals surface area contributed by atoms with Gasteiger partial charge in [-0.05, 0) is 38.3 Å². The first-order valence-corrected chi connectivity index (χ1v) is 10.4. The second kappa shape index (κ2) is 9.07. The van der Waals surface area contributed by atoms with Crippen LogP contribution in [0.4, 0.5) is 4.39 Å². The van der Waals surface area contributed by atoms with Crippen molar-refractivity contribution in [3.8, 4) is 0 Å². The minimum atomic E-state index is -3.40. The highest BCUT2D eigenvalue weighted by atomic mass is 32.2. The first-order valence-electron chi connectivity index (χ1n) is 8.81. The molecule has 2 unspecified atom stereocenters. The number of methoxy groups -OCH3 is 1. The molecule has 1 aromatic rings. The van der Waals surface area contributed by atoms with Crippen molar-refractivity contribution in [2.24, 2.45) is 0 Å². The van der Waals surface area contributed by atoms with Crippen molar-refractivity contribution in [2.45, 2.75) is 38.8 Å². The summed E-state index contributed by atoms with van der Waals surface area (Å²) in [5, 5.41) is 0. The van der Waals surface area contributed by atoms with E-state index in [1.807, 2.05) is 0 Å². The van der Waals surface area contributed by atoms with Gasteiger partial charge in [0.15, 0.2) is 0 Å². The Kier molecular flexibility index (Phi) is 7.37. The normalized spacial score (nSPS) is 23.0. The fourth-order valence-electron chi connectivity index (χ4n) is 3.44. The maximum Gasteiger partial charge on any atom is 0.214 e. The topological polar surface area (TPSA) is 49.9 Å². The number of piperazine rings is 1. The Morgan fingerprint density at radius 3 is 2.44 bits per heavy atom. The van der Waals surface area contributed by atoms with Crippen LogP contribution in [0.3, 0.4) is 0 Å². The molecule has 7 heteroatoms. The molecule has 5 nitrogen and oxygen atoms in total. The monoisotopic (exact) mass is 372 g/mol. The van der Waals surface area contributed by atoms with Crippen LogP contribution in [0.5, 0.6) is 0 Å². The summed E-state index contributed by atoms with van der Waals surface area (Å²) in [7, 11) is -1.71. The van der Waals surface area contributed by atoms with E-state index in [2.05, 4.69) is 18.7 Å². The van der Waals surface area contributed by atoms with E-state index in [0.29, 0.717) is 25.3 Å². The molecule has 1 saturated heterocycles. The molecular formula is C18H29FN2O3S. The van der Waals surface area contributed by atoms with E-state index < -0.39 is 10.0 Å². The first kappa shape index (κ1) is 20.3. The predicted octanol–water partition coefficient (Wildman–Crippen LogP) is 2.13. The zero-order valence-electron chi connectivity index (χ0n) is 15.3. The van der Waals surface area contributed by atoms with E-state index in [0.717, 1.165) is 13.0 Å². The second-order valence-corrected chi connectivity index (χ2v) is 8.85. The number of benzene rings is 1. The molecule has 2 atom stereocenters. The lowest BCUT2D eigenvalue weighted by Crippen LogP contribution is -2.58. The molecule has 0 N–H and O–H groups in total. The number of sulfonamides is 1. The van der Waals surface area contributed by atoms with Crippen molar-refractivity contribution in [3.63, 3.8) is 0 Å². The summed E-state index contributed by atoms with van der Waals surface area (Å²) in [6.45, 7) is 6.69. The second-order valence-electron chi connectivity index (χ2n) is 6.76. The maximum absolute atomic E-state index is 13.7. The van der Waals surface area contributed by atoms with E-state index in [9.17, 15) is 12.8 Å². The van der Waals surface area contributed by atoms with Crippen molar-refractivity contribution in [1.82, 2.24) is 9.21 Å². The van der Waals surface area contributed by atoms with Crippen molar-refractivity contribution in [3.05, 3.63) is 35.6 Å². The third kappa shape index (κ3) is 5.48. The quantitative estimate of drug-likeness (QED) is 0.656. The number of halogens is 1. The van der Waals surface area contributed by atoms with Crippen molar-refractivity contribution >= 4 is 10.0 Å². The zero-order chi connectivity index (χ0) is 18.4. The van der Waals surface area contributed by atoms with Gasteiger partial charge in [0, 0.05) is 45.4 Å². The summed E-state index contributed by atoms with van der Waals surface area (Å²) in [4.78, 5) is 2.34. The number of aryl methyl sites for hydroxylation is 1. The highest BCUT2D eigenvalue weighted by Crippen LogP contribution is 2.20. The van der Waals surface area contributed by atoms with Crippen LogP contribution in [0.15, 0.2) is 24.3 Å². The Hall–Kier alpha value is -1.02. The van der Waals surface area contributed by atoms with Crippen LogP contribution in [0.2, 0.25) is 0 Å². The smallest absolute Gasteiger partial charge is 0.214 e. The lowest BCUT2D eigenvalue weighted by molar-refractivity contribution is 0.0666. The highest BCUT2D eigenvalue weighted by molar-refractivity contribution is 7.89. The standard InChI is InChI=1S/C18H29FN2O3S/c1-15-13-20(14-16(2)21(15)10-6-11-24-3)25(22,23)12-9-17-7-4-5-8-18(17)19/h4-5,7-8,15-16H,6,9-14H2,1-3H3. The lowest BCUT2D eigenvalue weighted by Gasteiger charge is -2.43. The number of ether oxygens (including phenoxy) is 1. The molecular weight excluding hydrogens is 343 g/mol. The van der Waals surface area contributed by atoms with Crippen molar-refractivity contribution in [2.75, 3.05) is 39.1 Å². The van der Waals surface area contributed by atoms with E-state index in [4.69, 9.17) is 4.74 Å². The Morgan fingerprint density at radius 1 is 1.20 bits per heavy atom. The van der Waals surface area contributed by atoms with Gasteiger partial charge in [-0.3, -0.25) is 4.90 Å². The average molecular weight is 373 g/mol. The number of nitrogens with zero attached hydrogens (tertiary/aromatic N) is 2. The molecule has 1 aliphatic heterocycles. The summed E-state index contributed by atoms with van der Waals surface area (Å²) >= 11 is 0. The third-order valence-electron chi connectivity index (χ3n) is 4.81. The van der Waals surface area contributed by atoms with Gasteiger partial charge in [-0.2, -0.15) is 4.31 Å². The van der Waals surface area contributed by atoms with Gasteiger partial charge in [0.05, 0.1) is 5.75 Å². The molecule has 2 rings (SSSR count). The minimum Gasteiger partial charge on any atom is -0.385 e. The van der Waals surface area contributed by atoms with E-state index >= 15 is 0 Å². The van der Waals surface area contributed by atoms with Crippen LogP contribution < -0.4 is 0 Å². The molecule has 25 heavy (non-hydrogen) atoms. The van der Waals surface area contributed by atoms with Gasteiger partial charge in [-0.15, -0.1) is 0 Å². The van der Waals surface area contributed by atoms with Gasteiger partial charge < -0.3 is 4.74 Å². The number of rotatable bonds is 8. The van der Waals surface area contributed by atoms with E-state index in [1.165, 1.54) is 6.07 Å². The average Bonchev–Trinajstić information content (AvgIpc) is 2.56. The molecule has 1 fully saturated rings. The van der Waals surface area contributed by atoms with Gasteiger partial charge >= 0.3 is 0 Å². The molecule has 0 aromatic heterocycles. The Morgan fingerprint density at radius 2 is 1.84 bits per heavy atom. The molecule has 0 aliphatic carbocycles. The van der Waals surface area contributed by atoms with Gasteiger partial charge in [0.1, 0.15) is 5.82 Å². The minimum absolute atomic E-state index is 0.0585. The van der Waals surface area contributed by atoms with Crippen LogP contribution >= 0.6 is 0 Å². The van der Waals surface area contributed by atoms with Gasteiger partial charge in [0.25, 0.3) is 0 Å². The predicted molar refractivity (Wildman–Crippen MR) is 97.6 cm³/mol. The fraction of sp³-hybridized carbons (Fsp3) is 0.667. The molecule has 1 heterocycles. The van der Waals surface area contributed by atoms with Crippen molar-refractivity contribution < 1.29 is 17.5 Å². The third-order valence-corrected chi connectivity index (χ3v) is 6.62. The highest BCUT2D eigenvalue weighted by Gasteiger charge is 2.34. The molecule has 0 bridgehead atoms. The summed E-state index contributed by atoms with van der Waals surface area (Å²) in [5.74, 6) is -0.403. The molecule has 1 aliphatic rings. The lowest BCUT2D eigenvalue weighted by atomic mass is 10.1. The summed E-state index contributed by atoms with van der Waals surface area (Å²) in [5.41, 5.74) is 0.449. The van der Waals surface area contributed by atoms with Gasteiger partial charge in [-0.1, -0.05) is 18.2 Å². The van der Waals surface area contributed by atoms with Crippen LogP contribution in [0, 0.1) is 5.82 Å². The largest absolute Gasteiger partial charge is 0.385 e. The molecule has 1 aromatic carbocycles. The zero-order valence-corrected chi connectivity index (χ0v) is 16.1. The number of hydrogen-bond donors (Lipinski definition) is 0. The summed E-state index contributed by atoms with van der Waals surface area (Å²) < 4.78 is 45.8. The molecule has 0 radical (unpaired) electrons. The summed E-state index contributed by atoms with van der Waals surface area (Å²) in [6, 6.07) is 6.66. The fourth-order valence-corrected chi connectivity index (χ4v) is 5.06. The Balaban J connectivity index is 1.95. The Labute approximate surface area is 150 Å². The SMILES string of the molecule is COCCCN1C(C)CN(S(=O)(=O)CCc2ccccc2F)CC1C. The van der Waals surface area contributed by atoms with Gasteiger partial charge in [-0.25, -0.2) is 12.8 Å². The van der Waals surface area contributed by atoms with Crippen LogP contribution in [0.25, 0.3) is 0 Å². The van der Waals surface area contributed by atoms with E-state index in [-0.39, 0.29) is 30.1 Å². The molecule has 0 saturated carbocycles. The molecule has 0 amide bonds. The van der Waals surface area contributed by atoms with Crippen LogP contribution in [0.1, 0.15) is 25.8 Å². The molecule has 142 valence electrons. The first-order chi connectivity index (χ1) is 11.8. The van der Waals surface area contributed by atoms with Crippen LogP contribution in [-0.2, 0) is 21.2 Å². The van der Waals surface area contributed by atoms with Crippen molar-refractivity contribution in [1.29, 1.82) is 0 Å². The van der Waals surface area contributed by atoms with Crippen LogP contribution in [-0.4, -0.2) is 68.8 Å².